The molecule has 22 heavy (non-hydrogen) atoms. The number of hydrogen-bond acceptors (Lipinski definition) is 3. The van der Waals surface area contributed by atoms with Crippen LogP contribution < -0.4 is 9.64 Å². The summed E-state index contributed by atoms with van der Waals surface area (Å²) in [6.07, 6.45) is 4.12. The number of rotatable bonds is 2. The molecule has 0 aliphatic carbocycles. The zero-order valence-corrected chi connectivity index (χ0v) is 12.6. The lowest BCUT2D eigenvalue weighted by Crippen LogP contribution is -2.25. The van der Waals surface area contributed by atoms with E-state index in [-0.39, 0.29) is 0 Å². The summed E-state index contributed by atoms with van der Waals surface area (Å²) in [5.74, 6) is 1.97. The van der Waals surface area contributed by atoms with Crippen molar-refractivity contribution in [1.29, 1.82) is 0 Å². The van der Waals surface area contributed by atoms with Crippen molar-refractivity contribution in [3.63, 3.8) is 0 Å². The maximum absolute atomic E-state index is 5.36. The first-order valence-corrected chi connectivity index (χ1v) is 7.65. The molecule has 0 atom stereocenters. The average molecular weight is 290 g/mol. The molecule has 3 heteroatoms. The van der Waals surface area contributed by atoms with Crippen LogP contribution in [0.2, 0.25) is 0 Å². The molecule has 1 aliphatic heterocycles. The second-order valence-electron chi connectivity index (χ2n) is 5.61. The molecule has 0 N–H and O–H groups in total. The number of hydrogen-bond donors (Lipinski definition) is 0. The molecule has 2 aromatic carbocycles. The number of anilines is 2. The lowest BCUT2D eigenvalue weighted by Gasteiger charge is -2.31. The zero-order chi connectivity index (χ0) is 14.9. The van der Waals surface area contributed by atoms with Gasteiger partial charge in [0.1, 0.15) is 11.6 Å². The van der Waals surface area contributed by atoms with Crippen LogP contribution in [-0.4, -0.2) is 18.6 Å². The zero-order valence-electron chi connectivity index (χ0n) is 12.6. The first-order chi connectivity index (χ1) is 10.9. The van der Waals surface area contributed by atoms with Crippen molar-refractivity contribution in [3.8, 4) is 5.75 Å². The van der Waals surface area contributed by atoms with Gasteiger partial charge in [-0.25, -0.2) is 4.98 Å². The first kappa shape index (κ1) is 13.1. The number of nitrogens with zero attached hydrogens (tertiary/aromatic N) is 2. The normalized spacial score (nSPS) is 14.0. The van der Waals surface area contributed by atoms with E-state index >= 15 is 0 Å². The van der Waals surface area contributed by atoms with E-state index in [1.807, 2.05) is 12.3 Å². The van der Waals surface area contributed by atoms with Crippen LogP contribution in [0.3, 0.4) is 0 Å². The first-order valence-electron chi connectivity index (χ1n) is 7.65. The van der Waals surface area contributed by atoms with Crippen LogP contribution >= 0.6 is 0 Å². The SMILES string of the molecule is COc1ccc2c(c1)CCCN2c1nccc2ccccc12. The summed E-state index contributed by atoms with van der Waals surface area (Å²) in [5.41, 5.74) is 2.58. The van der Waals surface area contributed by atoms with E-state index in [1.165, 1.54) is 22.0 Å². The van der Waals surface area contributed by atoms with E-state index in [0.717, 1.165) is 31.0 Å². The highest BCUT2D eigenvalue weighted by Crippen LogP contribution is 2.37. The highest BCUT2D eigenvalue weighted by atomic mass is 16.5. The molecule has 110 valence electrons. The van der Waals surface area contributed by atoms with E-state index < -0.39 is 0 Å². The standard InChI is InChI=1S/C19H18N2O/c1-22-16-8-9-18-15(13-16)6-4-12-21(18)19-17-7-3-2-5-14(17)10-11-20-19/h2-3,5,7-11,13H,4,6,12H2,1H3. The fraction of sp³-hybridized carbons (Fsp3) is 0.211. The molecular weight excluding hydrogens is 272 g/mol. The summed E-state index contributed by atoms with van der Waals surface area (Å²) in [5, 5.41) is 2.43. The van der Waals surface area contributed by atoms with Crippen molar-refractivity contribution in [2.75, 3.05) is 18.6 Å². The Morgan fingerprint density at radius 3 is 2.91 bits per heavy atom. The van der Waals surface area contributed by atoms with Gasteiger partial charge in [-0.05, 0) is 48.1 Å². The van der Waals surface area contributed by atoms with E-state index in [2.05, 4.69) is 52.3 Å². The van der Waals surface area contributed by atoms with Gasteiger partial charge in [-0.2, -0.15) is 0 Å². The summed E-state index contributed by atoms with van der Waals surface area (Å²) >= 11 is 0. The van der Waals surface area contributed by atoms with Gasteiger partial charge in [0, 0.05) is 23.8 Å². The molecule has 0 unspecified atom stereocenters. The smallest absolute Gasteiger partial charge is 0.140 e. The third kappa shape index (κ3) is 2.10. The Morgan fingerprint density at radius 2 is 2.00 bits per heavy atom. The van der Waals surface area contributed by atoms with Gasteiger partial charge in [0.2, 0.25) is 0 Å². The highest BCUT2D eigenvalue weighted by Gasteiger charge is 2.21. The number of fused-ring (bicyclic) bond motifs is 2. The fourth-order valence-electron chi connectivity index (χ4n) is 3.24. The Bertz CT molecular complexity index is 823. The summed E-state index contributed by atoms with van der Waals surface area (Å²) < 4.78 is 5.36. The Kier molecular flexibility index (Phi) is 3.19. The molecule has 3 aromatic rings. The molecule has 0 bridgehead atoms. The molecule has 0 fully saturated rings. The Balaban J connectivity index is 1.87. The topological polar surface area (TPSA) is 25.4 Å². The van der Waals surface area contributed by atoms with E-state index in [0.29, 0.717) is 0 Å². The van der Waals surface area contributed by atoms with Crippen molar-refractivity contribution in [2.24, 2.45) is 0 Å². The van der Waals surface area contributed by atoms with Crippen LogP contribution in [0.4, 0.5) is 11.5 Å². The van der Waals surface area contributed by atoms with Gasteiger partial charge < -0.3 is 9.64 Å². The van der Waals surface area contributed by atoms with Crippen molar-refractivity contribution >= 4 is 22.3 Å². The minimum Gasteiger partial charge on any atom is -0.497 e. The van der Waals surface area contributed by atoms with E-state index in [9.17, 15) is 0 Å². The van der Waals surface area contributed by atoms with Crippen LogP contribution in [0.25, 0.3) is 10.8 Å². The minimum absolute atomic E-state index is 0.923. The number of pyridine rings is 1. The van der Waals surface area contributed by atoms with Crippen molar-refractivity contribution in [2.45, 2.75) is 12.8 Å². The molecule has 0 radical (unpaired) electrons. The largest absolute Gasteiger partial charge is 0.497 e. The van der Waals surface area contributed by atoms with Crippen LogP contribution in [-0.2, 0) is 6.42 Å². The molecule has 1 aromatic heterocycles. The van der Waals surface area contributed by atoms with E-state index in [1.54, 1.807) is 7.11 Å². The Labute approximate surface area is 130 Å². The van der Waals surface area contributed by atoms with Crippen molar-refractivity contribution < 1.29 is 4.74 Å². The average Bonchev–Trinajstić information content (AvgIpc) is 2.60. The van der Waals surface area contributed by atoms with Gasteiger partial charge in [-0.1, -0.05) is 24.3 Å². The number of aromatic nitrogens is 1. The molecular formula is C19H18N2O. The van der Waals surface area contributed by atoms with Gasteiger partial charge in [-0.15, -0.1) is 0 Å². The predicted molar refractivity (Wildman–Crippen MR) is 90.1 cm³/mol. The predicted octanol–water partition coefficient (Wildman–Crippen LogP) is 4.33. The van der Waals surface area contributed by atoms with Gasteiger partial charge >= 0.3 is 0 Å². The molecule has 3 nitrogen and oxygen atoms in total. The molecule has 0 amide bonds. The molecule has 1 aliphatic rings. The van der Waals surface area contributed by atoms with Crippen molar-refractivity contribution in [1.82, 2.24) is 4.98 Å². The fourth-order valence-corrected chi connectivity index (χ4v) is 3.24. The van der Waals surface area contributed by atoms with Gasteiger partial charge in [0.15, 0.2) is 0 Å². The molecule has 0 saturated heterocycles. The van der Waals surface area contributed by atoms with Gasteiger partial charge in [-0.3, -0.25) is 0 Å². The summed E-state index contributed by atoms with van der Waals surface area (Å²) in [4.78, 5) is 7.00. The number of methoxy groups -OCH3 is 1. The molecule has 2 heterocycles. The quantitative estimate of drug-likeness (QED) is 0.702. The maximum atomic E-state index is 5.36. The third-order valence-corrected chi connectivity index (χ3v) is 4.31. The molecule has 0 saturated carbocycles. The van der Waals surface area contributed by atoms with E-state index in [4.69, 9.17) is 4.74 Å². The highest BCUT2D eigenvalue weighted by molar-refractivity contribution is 5.94. The van der Waals surface area contributed by atoms with Crippen LogP contribution in [0.15, 0.2) is 54.7 Å². The van der Waals surface area contributed by atoms with Crippen LogP contribution in [0.1, 0.15) is 12.0 Å². The lowest BCUT2D eigenvalue weighted by molar-refractivity contribution is 0.414. The van der Waals surface area contributed by atoms with Crippen molar-refractivity contribution in [3.05, 3.63) is 60.3 Å². The third-order valence-electron chi connectivity index (χ3n) is 4.31. The summed E-state index contributed by atoms with van der Waals surface area (Å²) in [6.45, 7) is 1.00. The number of benzene rings is 2. The van der Waals surface area contributed by atoms with Gasteiger partial charge in [0.05, 0.1) is 7.11 Å². The second kappa shape index (κ2) is 5.34. The monoisotopic (exact) mass is 290 g/mol. The minimum atomic E-state index is 0.923. The molecule has 0 spiro atoms. The second-order valence-corrected chi connectivity index (χ2v) is 5.61. The molecule has 4 rings (SSSR count). The van der Waals surface area contributed by atoms with Crippen LogP contribution in [0.5, 0.6) is 5.75 Å². The Hall–Kier alpha value is -2.55. The number of ether oxygens (including phenoxy) is 1. The summed E-state index contributed by atoms with van der Waals surface area (Å²) in [7, 11) is 1.72. The Morgan fingerprint density at radius 1 is 1.09 bits per heavy atom. The lowest BCUT2D eigenvalue weighted by atomic mass is 10.0. The van der Waals surface area contributed by atoms with Gasteiger partial charge in [0.25, 0.3) is 0 Å². The van der Waals surface area contributed by atoms with Crippen LogP contribution in [0, 0.1) is 0 Å². The maximum Gasteiger partial charge on any atom is 0.140 e. The number of aryl methyl sites for hydroxylation is 1. The summed E-state index contributed by atoms with van der Waals surface area (Å²) in [6, 6.07) is 16.8.